The van der Waals surface area contributed by atoms with E-state index in [2.05, 4.69) is 20.6 Å². The molecule has 0 aliphatic heterocycles. The van der Waals surface area contributed by atoms with Crippen molar-refractivity contribution < 1.29 is 17.6 Å². The molecule has 1 heterocycles. The molecule has 2 N–H and O–H groups in total. The molecule has 0 radical (unpaired) electrons. The second-order valence-electron chi connectivity index (χ2n) is 5.22. The molecule has 0 unspecified atom stereocenters. The first kappa shape index (κ1) is 22.1. The molecular weight excluding hydrogens is 463 g/mol. The van der Waals surface area contributed by atoms with Gasteiger partial charge in [0.25, 0.3) is 0 Å². The summed E-state index contributed by atoms with van der Waals surface area (Å²) in [6.45, 7) is 0.393. The van der Waals surface area contributed by atoms with Gasteiger partial charge >= 0.3 is 6.18 Å². The summed E-state index contributed by atoms with van der Waals surface area (Å²) in [4.78, 5) is 8.14. The molecule has 0 saturated heterocycles. The van der Waals surface area contributed by atoms with Crippen LogP contribution in [0.3, 0.4) is 0 Å². The van der Waals surface area contributed by atoms with Gasteiger partial charge in [-0.05, 0) is 29.8 Å². The summed E-state index contributed by atoms with van der Waals surface area (Å²) in [5, 5.41) is 5.80. The van der Waals surface area contributed by atoms with Crippen LogP contribution in [0, 0.1) is 5.82 Å². The van der Waals surface area contributed by atoms with Crippen molar-refractivity contribution in [3.05, 3.63) is 65.2 Å². The van der Waals surface area contributed by atoms with E-state index < -0.39 is 17.6 Å². The summed E-state index contributed by atoms with van der Waals surface area (Å²) in [6, 6.07) is 8.19. The van der Waals surface area contributed by atoms with Crippen molar-refractivity contribution in [2.75, 3.05) is 13.6 Å². The Hall–Kier alpha value is -1.91. The second-order valence-corrected chi connectivity index (χ2v) is 5.22. The molecule has 1 aromatic heterocycles. The number of halogens is 5. The minimum absolute atomic E-state index is 0. The van der Waals surface area contributed by atoms with E-state index in [1.807, 2.05) is 18.2 Å². The summed E-state index contributed by atoms with van der Waals surface area (Å²) in [5.41, 5.74) is -0.158. The van der Waals surface area contributed by atoms with E-state index in [9.17, 15) is 17.6 Å². The largest absolute Gasteiger partial charge is 0.416 e. The highest BCUT2D eigenvalue weighted by molar-refractivity contribution is 14.0. The van der Waals surface area contributed by atoms with Gasteiger partial charge in [0.05, 0.1) is 5.56 Å². The van der Waals surface area contributed by atoms with Crippen molar-refractivity contribution in [3.8, 4) is 0 Å². The molecule has 9 heteroatoms. The number of guanidine groups is 1. The first-order valence-corrected chi connectivity index (χ1v) is 7.60. The molecular formula is C17H19F4IN4. The zero-order valence-electron chi connectivity index (χ0n) is 14.0. The number of benzene rings is 1. The van der Waals surface area contributed by atoms with E-state index in [-0.39, 0.29) is 36.1 Å². The summed E-state index contributed by atoms with van der Waals surface area (Å²) in [5.74, 6) is -0.567. The van der Waals surface area contributed by atoms with Gasteiger partial charge in [-0.2, -0.15) is 13.2 Å². The lowest BCUT2D eigenvalue weighted by Crippen LogP contribution is -2.38. The van der Waals surface area contributed by atoms with Gasteiger partial charge in [-0.1, -0.05) is 12.1 Å². The molecule has 2 rings (SSSR count). The van der Waals surface area contributed by atoms with Crippen LogP contribution in [0.15, 0.2) is 47.6 Å². The van der Waals surface area contributed by atoms with Crippen LogP contribution in [-0.4, -0.2) is 24.5 Å². The molecule has 1 aromatic carbocycles. The SMILES string of the molecule is CN=C(NCCc1ccccn1)NCc1ccc(F)cc1C(F)(F)F.I. The Morgan fingerprint density at radius 2 is 1.92 bits per heavy atom. The molecule has 4 nitrogen and oxygen atoms in total. The van der Waals surface area contributed by atoms with Crippen molar-refractivity contribution in [3.63, 3.8) is 0 Å². The third-order valence-corrected chi connectivity index (χ3v) is 3.45. The van der Waals surface area contributed by atoms with Gasteiger partial charge in [0, 0.05) is 38.4 Å². The van der Waals surface area contributed by atoms with Crippen LogP contribution in [0.4, 0.5) is 17.6 Å². The number of pyridine rings is 1. The van der Waals surface area contributed by atoms with Crippen LogP contribution in [0.5, 0.6) is 0 Å². The third-order valence-electron chi connectivity index (χ3n) is 3.45. The highest BCUT2D eigenvalue weighted by Gasteiger charge is 2.33. The standard InChI is InChI=1S/C17H18F4N4.HI/c1-22-16(24-9-7-14-4-2-3-8-23-14)25-11-12-5-6-13(18)10-15(12)17(19,20)21;/h2-6,8,10H,7,9,11H2,1H3,(H2,22,24,25);1H. The molecule has 0 bridgehead atoms. The monoisotopic (exact) mass is 482 g/mol. The summed E-state index contributed by atoms with van der Waals surface area (Å²) >= 11 is 0. The van der Waals surface area contributed by atoms with Crippen molar-refractivity contribution in [1.82, 2.24) is 15.6 Å². The number of aliphatic imine (C=N–C) groups is 1. The zero-order valence-corrected chi connectivity index (χ0v) is 16.3. The topological polar surface area (TPSA) is 49.3 Å². The van der Waals surface area contributed by atoms with Gasteiger partial charge in [0.2, 0.25) is 0 Å². The Bertz CT molecular complexity index is 720. The lowest BCUT2D eigenvalue weighted by atomic mass is 10.1. The molecule has 0 fully saturated rings. The van der Waals surface area contributed by atoms with Crippen LogP contribution in [0.2, 0.25) is 0 Å². The Morgan fingerprint density at radius 3 is 2.54 bits per heavy atom. The number of nitrogens with one attached hydrogen (secondary N) is 2. The van der Waals surface area contributed by atoms with Crippen molar-refractivity contribution in [2.45, 2.75) is 19.1 Å². The lowest BCUT2D eigenvalue weighted by molar-refractivity contribution is -0.138. The van der Waals surface area contributed by atoms with Crippen molar-refractivity contribution in [2.24, 2.45) is 4.99 Å². The number of hydrogen-bond donors (Lipinski definition) is 2. The van der Waals surface area contributed by atoms with Gasteiger partial charge in [-0.25, -0.2) is 4.39 Å². The fraction of sp³-hybridized carbons (Fsp3) is 0.294. The summed E-state index contributed by atoms with van der Waals surface area (Å²) < 4.78 is 52.0. The molecule has 26 heavy (non-hydrogen) atoms. The van der Waals surface area contributed by atoms with Gasteiger partial charge in [-0.15, -0.1) is 24.0 Å². The van der Waals surface area contributed by atoms with E-state index >= 15 is 0 Å². The maximum absolute atomic E-state index is 13.1. The summed E-state index contributed by atoms with van der Waals surface area (Å²) in [7, 11) is 1.52. The number of aromatic nitrogens is 1. The van der Waals surface area contributed by atoms with Gasteiger partial charge in [0.15, 0.2) is 5.96 Å². The Labute approximate surface area is 166 Å². The van der Waals surface area contributed by atoms with Crippen molar-refractivity contribution in [1.29, 1.82) is 0 Å². The van der Waals surface area contributed by atoms with Crippen LogP contribution in [0.1, 0.15) is 16.8 Å². The fourth-order valence-corrected chi connectivity index (χ4v) is 2.22. The highest BCUT2D eigenvalue weighted by atomic mass is 127. The van der Waals surface area contributed by atoms with Gasteiger partial charge in [0.1, 0.15) is 5.82 Å². The quantitative estimate of drug-likeness (QED) is 0.296. The average Bonchev–Trinajstić information content (AvgIpc) is 2.59. The zero-order chi connectivity index (χ0) is 18.3. The normalized spacial score (nSPS) is 11.7. The van der Waals surface area contributed by atoms with Gasteiger partial charge in [-0.3, -0.25) is 9.98 Å². The van der Waals surface area contributed by atoms with E-state index in [4.69, 9.17) is 0 Å². The molecule has 0 saturated carbocycles. The molecule has 142 valence electrons. The minimum atomic E-state index is -4.62. The van der Waals surface area contributed by atoms with E-state index in [1.165, 1.54) is 7.05 Å². The molecule has 0 atom stereocenters. The number of rotatable bonds is 5. The maximum atomic E-state index is 13.1. The van der Waals surface area contributed by atoms with Crippen molar-refractivity contribution >= 4 is 29.9 Å². The van der Waals surface area contributed by atoms with E-state index in [0.29, 0.717) is 25.0 Å². The highest BCUT2D eigenvalue weighted by Crippen LogP contribution is 2.32. The number of alkyl halides is 3. The second kappa shape index (κ2) is 10.3. The minimum Gasteiger partial charge on any atom is -0.356 e. The van der Waals surface area contributed by atoms with E-state index in [1.54, 1.807) is 6.20 Å². The number of nitrogens with zero attached hydrogens (tertiary/aromatic N) is 2. The molecule has 0 amide bonds. The predicted octanol–water partition coefficient (Wildman–Crippen LogP) is 3.77. The Balaban J connectivity index is 0.00000338. The first-order chi connectivity index (χ1) is 11.9. The maximum Gasteiger partial charge on any atom is 0.416 e. The van der Waals surface area contributed by atoms with Gasteiger partial charge < -0.3 is 10.6 Å². The molecule has 0 aliphatic rings. The Morgan fingerprint density at radius 1 is 1.15 bits per heavy atom. The molecule has 2 aromatic rings. The van der Waals surface area contributed by atoms with Crippen LogP contribution >= 0.6 is 24.0 Å². The van der Waals surface area contributed by atoms with Crippen LogP contribution in [0.25, 0.3) is 0 Å². The Kier molecular flexibility index (Phi) is 8.76. The smallest absolute Gasteiger partial charge is 0.356 e. The predicted molar refractivity (Wildman–Crippen MR) is 103 cm³/mol. The fourth-order valence-electron chi connectivity index (χ4n) is 2.22. The summed E-state index contributed by atoms with van der Waals surface area (Å²) in [6.07, 6.45) is -2.28. The molecule has 0 aliphatic carbocycles. The van der Waals surface area contributed by atoms with Crippen LogP contribution < -0.4 is 10.6 Å². The number of hydrogen-bond acceptors (Lipinski definition) is 2. The first-order valence-electron chi connectivity index (χ1n) is 7.60. The van der Waals surface area contributed by atoms with E-state index in [0.717, 1.165) is 17.8 Å². The molecule has 0 spiro atoms. The third kappa shape index (κ3) is 6.77. The average molecular weight is 482 g/mol. The van der Waals surface area contributed by atoms with Crippen LogP contribution in [-0.2, 0) is 19.1 Å². The lowest BCUT2D eigenvalue weighted by Gasteiger charge is -2.16.